The monoisotopic (exact) mass is 392 g/mol. The molecule has 2 heterocycles. The number of likely N-dealkylation sites (tertiary alicyclic amines) is 1. The maximum absolute atomic E-state index is 13.9. The number of benzene rings is 2. The Balaban J connectivity index is 1.68. The molecule has 1 N–H and O–H groups in total. The summed E-state index contributed by atoms with van der Waals surface area (Å²) in [4.78, 5) is 26.7. The van der Waals surface area contributed by atoms with Gasteiger partial charge in [0.1, 0.15) is 11.7 Å². The lowest BCUT2D eigenvalue weighted by Gasteiger charge is -2.18. The summed E-state index contributed by atoms with van der Waals surface area (Å²) in [6.45, 7) is 0.111. The number of nitrogens with one attached hydrogen (secondary N) is 1. The van der Waals surface area contributed by atoms with Crippen molar-refractivity contribution in [2.45, 2.75) is 12.2 Å². The Morgan fingerprint density at radius 1 is 1.18 bits per heavy atom. The third-order valence-electron chi connectivity index (χ3n) is 4.79. The number of carbonyl (C=O) groups excluding carboxylic acids is 2. The van der Waals surface area contributed by atoms with Crippen LogP contribution in [0.3, 0.4) is 0 Å². The summed E-state index contributed by atoms with van der Waals surface area (Å²) in [5, 5.41) is 2.41. The molecule has 4 rings (SSSR count). The van der Waals surface area contributed by atoms with Crippen LogP contribution in [0.15, 0.2) is 42.5 Å². The van der Waals surface area contributed by atoms with Gasteiger partial charge < -0.3 is 19.7 Å². The largest absolute Gasteiger partial charge is 0.586 e. The predicted molar refractivity (Wildman–Crippen MR) is 91.5 cm³/mol. The number of rotatable bonds is 3. The molecular formula is C19H15F3N2O4. The van der Waals surface area contributed by atoms with E-state index >= 15 is 0 Å². The van der Waals surface area contributed by atoms with Crippen molar-refractivity contribution in [1.82, 2.24) is 4.90 Å². The van der Waals surface area contributed by atoms with Gasteiger partial charge in [0.05, 0.1) is 5.69 Å². The van der Waals surface area contributed by atoms with Crippen LogP contribution in [0.25, 0.3) is 0 Å². The van der Waals surface area contributed by atoms with Crippen molar-refractivity contribution in [2.75, 3.05) is 18.9 Å². The van der Waals surface area contributed by atoms with Crippen molar-refractivity contribution < 1.29 is 32.2 Å². The van der Waals surface area contributed by atoms with Gasteiger partial charge in [-0.15, -0.1) is 8.78 Å². The van der Waals surface area contributed by atoms with Crippen LogP contribution in [0.2, 0.25) is 0 Å². The molecule has 0 unspecified atom stereocenters. The van der Waals surface area contributed by atoms with E-state index in [1.807, 2.05) is 0 Å². The van der Waals surface area contributed by atoms with Crippen LogP contribution in [0.5, 0.6) is 11.5 Å². The maximum Gasteiger partial charge on any atom is 0.586 e. The van der Waals surface area contributed by atoms with Gasteiger partial charge in [-0.05, 0) is 18.2 Å². The number of para-hydroxylation sites is 2. The van der Waals surface area contributed by atoms with Crippen LogP contribution in [0.1, 0.15) is 11.5 Å². The lowest BCUT2D eigenvalue weighted by molar-refractivity contribution is -0.287. The van der Waals surface area contributed by atoms with Crippen molar-refractivity contribution >= 4 is 17.5 Å². The minimum Gasteiger partial charge on any atom is -0.395 e. The zero-order valence-electron chi connectivity index (χ0n) is 14.6. The molecule has 0 bridgehead atoms. The van der Waals surface area contributed by atoms with Gasteiger partial charge in [-0.1, -0.05) is 24.3 Å². The Hall–Kier alpha value is -3.23. The molecule has 0 aromatic heterocycles. The number of hydrogen-bond donors (Lipinski definition) is 1. The normalized spacial score (nSPS) is 22.4. The molecule has 1 fully saturated rings. The molecule has 28 heavy (non-hydrogen) atoms. The van der Waals surface area contributed by atoms with Crippen LogP contribution in [0, 0.1) is 11.7 Å². The van der Waals surface area contributed by atoms with Crippen molar-refractivity contribution in [1.29, 1.82) is 0 Å². The van der Waals surface area contributed by atoms with Gasteiger partial charge in [-0.3, -0.25) is 9.59 Å². The summed E-state index contributed by atoms with van der Waals surface area (Å²) in [6.07, 6.45) is -3.82. The van der Waals surface area contributed by atoms with E-state index in [4.69, 9.17) is 0 Å². The van der Waals surface area contributed by atoms with E-state index in [2.05, 4.69) is 14.8 Å². The Morgan fingerprint density at radius 3 is 2.68 bits per heavy atom. The molecule has 146 valence electrons. The highest BCUT2D eigenvalue weighted by atomic mass is 19.3. The van der Waals surface area contributed by atoms with Crippen LogP contribution in [0.4, 0.5) is 18.9 Å². The van der Waals surface area contributed by atoms with E-state index in [1.54, 1.807) is 0 Å². The number of carbonyl (C=O) groups is 2. The second kappa shape index (κ2) is 6.43. The van der Waals surface area contributed by atoms with Crippen LogP contribution in [-0.4, -0.2) is 36.6 Å². The number of likely N-dealkylation sites (N-methyl/N-ethyl adjacent to an activating group) is 1. The van der Waals surface area contributed by atoms with E-state index in [1.165, 1.54) is 54.4 Å². The van der Waals surface area contributed by atoms with Gasteiger partial charge in [0.2, 0.25) is 11.8 Å². The molecule has 0 saturated carbocycles. The third kappa shape index (κ3) is 3.02. The summed E-state index contributed by atoms with van der Waals surface area (Å²) >= 11 is 0. The van der Waals surface area contributed by atoms with Gasteiger partial charge in [0, 0.05) is 25.1 Å². The number of alkyl halides is 2. The fourth-order valence-electron chi connectivity index (χ4n) is 3.53. The summed E-state index contributed by atoms with van der Waals surface area (Å²) in [6, 6.07) is 9.84. The quantitative estimate of drug-likeness (QED) is 0.816. The minimum absolute atomic E-state index is 0.0713. The standard InChI is InChI=1S/C19H15F3N2O4/c1-24-9-11(10-5-4-8-14-16(10)28-19(21,22)27-14)15(18(24)26)17(25)23-13-7-3-2-6-12(13)20/h2-8,11,15H,9H2,1H3,(H,23,25)/t11-,15+/m1/s1. The number of halogens is 3. The highest BCUT2D eigenvalue weighted by molar-refractivity contribution is 6.08. The number of fused-ring (bicyclic) bond motifs is 1. The van der Waals surface area contributed by atoms with Gasteiger partial charge in [-0.2, -0.15) is 0 Å². The molecule has 1 saturated heterocycles. The van der Waals surface area contributed by atoms with E-state index in [0.29, 0.717) is 0 Å². The summed E-state index contributed by atoms with van der Waals surface area (Å²) in [5.74, 6) is -4.24. The van der Waals surface area contributed by atoms with E-state index in [0.717, 1.165) is 0 Å². The lowest BCUT2D eigenvalue weighted by Crippen LogP contribution is -2.33. The highest BCUT2D eigenvalue weighted by Crippen LogP contribution is 2.48. The fourth-order valence-corrected chi connectivity index (χ4v) is 3.53. The molecule has 2 aromatic carbocycles. The zero-order valence-corrected chi connectivity index (χ0v) is 14.6. The van der Waals surface area contributed by atoms with Crippen molar-refractivity contribution in [3.63, 3.8) is 0 Å². The average Bonchev–Trinajstić information content (AvgIpc) is 3.11. The third-order valence-corrected chi connectivity index (χ3v) is 4.79. The Kier molecular flexibility index (Phi) is 4.17. The van der Waals surface area contributed by atoms with E-state index < -0.39 is 35.8 Å². The first-order chi connectivity index (χ1) is 13.3. The van der Waals surface area contributed by atoms with E-state index in [9.17, 15) is 22.8 Å². The Labute approximate surface area is 157 Å². The average molecular weight is 392 g/mol. The molecule has 0 spiro atoms. The number of hydrogen-bond acceptors (Lipinski definition) is 4. The van der Waals surface area contributed by atoms with Gasteiger partial charge in [-0.25, -0.2) is 4.39 Å². The molecule has 9 heteroatoms. The Morgan fingerprint density at radius 2 is 1.93 bits per heavy atom. The molecule has 2 aromatic rings. The van der Waals surface area contributed by atoms with Crippen molar-refractivity contribution in [3.8, 4) is 11.5 Å². The lowest BCUT2D eigenvalue weighted by atomic mass is 9.87. The summed E-state index contributed by atoms with van der Waals surface area (Å²) < 4.78 is 49.9. The smallest absolute Gasteiger partial charge is 0.395 e. The number of amides is 2. The van der Waals surface area contributed by atoms with Gasteiger partial charge in [0.15, 0.2) is 11.5 Å². The van der Waals surface area contributed by atoms with Gasteiger partial charge in [0.25, 0.3) is 0 Å². The first-order valence-corrected chi connectivity index (χ1v) is 8.46. The highest BCUT2D eigenvalue weighted by Gasteiger charge is 2.50. The topological polar surface area (TPSA) is 67.9 Å². The molecule has 0 radical (unpaired) electrons. The second-order valence-corrected chi connectivity index (χ2v) is 6.61. The summed E-state index contributed by atoms with van der Waals surface area (Å²) in [7, 11) is 1.50. The maximum atomic E-state index is 13.9. The zero-order chi connectivity index (χ0) is 20.1. The van der Waals surface area contributed by atoms with Crippen LogP contribution in [-0.2, 0) is 9.59 Å². The first kappa shape index (κ1) is 18.1. The SMILES string of the molecule is CN1C[C@H](c2cccc3c2OC(F)(F)O3)[C@@H](C(=O)Nc2ccccc2F)C1=O. The van der Waals surface area contributed by atoms with E-state index in [-0.39, 0.29) is 29.3 Å². The summed E-state index contributed by atoms with van der Waals surface area (Å²) in [5.41, 5.74) is 0.180. The molecule has 2 aliphatic heterocycles. The molecular weight excluding hydrogens is 377 g/mol. The molecule has 2 amide bonds. The number of nitrogens with zero attached hydrogens (tertiary/aromatic N) is 1. The predicted octanol–water partition coefficient (Wildman–Crippen LogP) is 2.96. The molecule has 6 nitrogen and oxygen atoms in total. The minimum atomic E-state index is -3.82. The fraction of sp³-hybridized carbons (Fsp3) is 0.263. The van der Waals surface area contributed by atoms with Gasteiger partial charge >= 0.3 is 6.29 Å². The molecule has 2 atom stereocenters. The second-order valence-electron chi connectivity index (χ2n) is 6.61. The molecule has 0 aliphatic carbocycles. The number of ether oxygens (including phenoxy) is 2. The molecule has 2 aliphatic rings. The Bertz CT molecular complexity index is 966. The van der Waals surface area contributed by atoms with Crippen molar-refractivity contribution in [2.24, 2.45) is 5.92 Å². The first-order valence-electron chi connectivity index (χ1n) is 8.46. The van der Waals surface area contributed by atoms with Crippen molar-refractivity contribution in [3.05, 3.63) is 53.8 Å². The number of anilines is 1. The van der Waals surface area contributed by atoms with Crippen LogP contribution < -0.4 is 14.8 Å². The van der Waals surface area contributed by atoms with Crippen LogP contribution >= 0.6 is 0 Å².